The lowest BCUT2D eigenvalue weighted by atomic mass is 10.0. The second-order valence-corrected chi connectivity index (χ2v) is 5.62. The number of halogens is 1. The molecule has 0 bridgehead atoms. The maximum absolute atomic E-state index is 13.2. The fraction of sp³-hybridized carbons (Fsp3) is 0.211. The van der Waals surface area contributed by atoms with Gasteiger partial charge in [0.15, 0.2) is 0 Å². The molecule has 3 rings (SSSR count). The molecule has 1 heterocycles. The maximum Gasteiger partial charge on any atom is 0.255 e. The Morgan fingerprint density at radius 3 is 2.58 bits per heavy atom. The van der Waals surface area contributed by atoms with Gasteiger partial charge in [-0.25, -0.2) is 4.39 Å². The summed E-state index contributed by atoms with van der Waals surface area (Å²) in [5.74, 6) is -0.187. The third-order valence-corrected chi connectivity index (χ3v) is 3.97. The zero-order valence-electron chi connectivity index (χ0n) is 13.5. The van der Waals surface area contributed by atoms with Crippen LogP contribution < -0.4 is 5.32 Å². The van der Waals surface area contributed by atoms with Crippen molar-refractivity contribution in [2.24, 2.45) is 0 Å². The van der Waals surface area contributed by atoms with Gasteiger partial charge in [0.1, 0.15) is 22.9 Å². The van der Waals surface area contributed by atoms with Gasteiger partial charge in [0, 0.05) is 18.0 Å². The number of aryl methyl sites for hydroxylation is 1. The zero-order chi connectivity index (χ0) is 17.3. The van der Waals surface area contributed by atoms with E-state index in [1.165, 1.54) is 19.2 Å². The highest BCUT2D eigenvalue weighted by Gasteiger charge is 2.22. The van der Waals surface area contributed by atoms with Crippen molar-refractivity contribution in [3.05, 3.63) is 53.3 Å². The molecule has 0 unspecified atom stereocenters. The van der Waals surface area contributed by atoms with Crippen molar-refractivity contribution >= 4 is 16.9 Å². The van der Waals surface area contributed by atoms with Crippen LogP contribution in [-0.4, -0.2) is 18.1 Å². The first-order valence-electron chi connectivity index (χ1n) is 7.81. The third kappa shape index (κ3) is 2.73. The highest BCUT2D eigenvalue weighted by Crippen LogP contribution is 2.37. The number of aromatic hydroxyl groups is 1. The predicted molar refractivity (Wildman–Crippen MR) is 90.7 cm³/mol. The van der Waals surface area contributed by atoms with Crippen LogP contribution in [0.5, 0.6) is 5.75 Å². The number of benzene rings is 2. The number of fused-ring (bicyclic) bond motifs is 1. The molecular formula is C19H18FNO3. The van der Waals surface area contributed by atoms with Gasteiger partial charge in [0.05, 0.1) is 5.56 Å². The van der Waals surface area contributed by atoms with E-state index in [9.17, 15) is 14.3 Å². The van der Waals surface area contributed by atoms with Crippen LogP contribution in [0.3, 0.4) is 0 Å². The molecule has 2 aromatic carbocycles. The average Bonchev–Trinajstić information content (AvgIpc) is 2.93. The lowest BCUT2D eigenvalue weighted by Crippen LogP contribution is -2.18. The average molecular weight is 327 g/mol. The van der Waals surface area contributed by atoms with Crippen LogP contribution in [0.15, 0.2) is 40.8 Å². The minimum Gasteiger partial charge on any atom is -0.508 e. The fourth-order valence-corrected chi connectivity index (χ4v) is 2.80. The molecule has 0 saturated carbocycles. The number of phenolic OH excluding ortho intramolecular Hbond substituents is 1. The summed E-state index contributed by atoms with van der Waals surface area (Å²) < 4.78 is 19.1. The van der Waals surface area contributed by atoms with E-state index < -0.39 is 0 Å². The second kappa shape index (κ2) is 6.35. The van der Waals surface area contributed by atoms with Crippen molar-refractivity contribution in [3.63, 3.8) is 0 Å². The van der Waals surface area contributed by atoms with Gasteiger partial charge in [-0.2, -0.15) is 0 Å². The van der Waals surface area contributed by atoms with Gasteiger partial charge in [-0.05, 0) is 48.4 Å². The Morgan fingerprint density at radius 2 is 1.96 bits per heavy atom. The first-order chi connectivity index (χ1) is 11.5. The fourth-order valence-electron chi connectivity index (χ4n) is 2.80. The minimum atomic E-state index is -0.362. The molecule has 3 aromatic rings. The van der Waals surface area contributed by atoms with E-state index in [2.05, 4.69) is 5.32 Å². The summed E-state index contributed by atoms with van der Waals surface area (Å²) >= 11 is 0. The molecule has 0 aliphatic carbocycles. The van der Waals surface area contributed by atoms with Crippen molar-refractivity contribution in [2.75, 3.05) is 7.05 Å². The summed E-state index contributed by atoms with van der Waals surface area (Å²) in [6, 6.07) is 9.07. The Kier molecular flexibility index (Phi) is 4.25. The number of hydrogen-bond acceptors (Lipinski definition) is 3. The van der Waals surface area contributed by atoms with Crippen LogP contribution in [0.2, 0.25) is 0 Å². The molecule has 124 valence electrons. The zero-order valence-corrected chi connectivity index (χ0v) is 13.5. The largest absolute Gasteiger partial charge is 0.508 e. The summed E-state index contributed by atoms with van der Waals surface area (Å²) in [5, 5.41) is 13.3. The smallest absolute Gasteiger partial charge is 0.255 e. The molecule has 0 atom stereocenters. The first kappa shape index (κ1) is 16.1. The molecular weight excluding hydrogens is 309 g/mol. The molecule has 0 saturated heterocycles. The number of nitrogens with one attached hydrogen (secondary N) is 1. The van der Waals surface area contributed by atoms with E-state index >= 15 is 0 Å². The molecule has 24 heavy (non-hydrogen) atoms. The summed E-state index contributed by atoms with van der Waals surface area (Å²) in [6.07, 6.45) is 1.59. The van der Waals surface area contributed by atoms with Gasteiger partial charge in [-0.15, -0.1) is 0 Å². The predicted octanol–water partition coefficient (Wildman–Crippen LogP) is 4.26. The Balaban J connectivity index is 2.27. The van der Waals surface area contributed by atoms with E-state index in [4.69, 9.17) is 4.42 Å². The van der Waals surface area contributed by atoms with Gasteiger partial charge in [0.25, 0.3) is 5.91 Å². The van der Waals surface area contributed by atoms with E-state index in [1.54, 1.807) is 24.3 Å². The van der Waals surface area contributed by atoms with E-state index in [0.717, 1.165) is 12.0 Å². The van der Waals surface area contributed by atoms with Crippen LogP contribution in [0.1, 0.15) is 29.3 Å². The molecule has 0 aliphatic heterocycles. The van der Waals surface area contributed by atoms with Gasteiger partial charge < -0.3 is 14.8 Å². The Bertz CT molecular complexity index is 897. The maximum atomic E-state index is 13.2. The number of phenols is 1. The highest BCUT2D eigenvalue weighted by atomic mass is 19.1. The molecule has 2 N–H and O–H groups in total. The van der Waals surface area contributed by atoms with Crippen LogP contribution >= 0.6 is 0 Å². The van der Waals surface area contributed by atoms with E-state index in [0.29, 0.717) is 34.3 Å². The van der Waals surface area contributed by atoms with Crippen molar-refractivity contribution in [1.82, 2.24) is 5.32 Å². The summed E-state index contributed by atoms with van der Waals surface area (Å²) in [5.41, 5.74) is 2.22. The number of rotatable bonds is 4. The van der Waals surface area contributed by atoms with Crippen LogP contribution in [-0.2, 0) is 6.42 Å². The molecule has 1 aromatic heterocycles. The molecule has 0 radical (unpaired) electrons. The molecule has 0 fully saturated rings. The van der Waals surface area contributed by atoms with Gasteiger partial charge in [-0.1, -0.05) is 13.3 Å². The number of furan rings is 1. The summed E-state index contributed by atoms with van der Waals surface area (Å²) in [6.45, 7) is 2.02. The van der Waals surface area contributed by atoms with Gasteiger partial charge >= 0.3 is 0 Å². The standard InChI is InChI=1S/C19H18FNO3/c1-3-4-12-9-16-14(10-15(12)22)17(19(23)21-2)18(24-16)11-5-7-13(20)8-6-11/h5-10,22H,3-4H2,1-2H3,(H,21,23). The van der Waals surface area contributed by atoms with Gasteiger partial charge in [0.2, 0.25) is 0 Å². The third-order valence-electron chi connectivity index (χ3n) is 3.97. The van der Waals surface area contributed by atoms with Crippen molar-refractivity contribution in [3.8, 4) is 17.1 Å². The first-order valence-corrected chi connectivity index (χ1v) is 7.81. The van der Waals surface area contributed by atoms with E-state index in [1.807, 2.05) is 6.92 Å². The number of hydrogen-bond donors (Lipinski definition) is 2. The highest BCUT2D eigenvalue weighted by molar-refractivity contribution is 6.11. The summed E-state index contributed by atoms with van der Waals surface area (Å²) in [4.78, 5) is 12.3. The molecule has 0 aliphatic rings. The lowest BCUT2D eigenvalue weighted by Gasteiger charge is -2.04. The SMILES string of the molecule is CCCc1cc2oc(-c3ccc(F)cc3)c(C(=O)NC)c2cc1O. The summed E-state index contributed by atoms with van der Waals surface area (Å²) in [7, 11) is 1.53. The van der Waals surface area contributed by atoms with Crippen LogP contribution in [0, 0.1) is 5.82 Å². The van der Waals surface area contributed by atoms with Crippen LogP contribution in [0.25, 0.3) is 22.3 Å². The van der Waals surface area contributed by atoms with Gasteiger partial charge in [-0.3, -0.25) is 4.79 Å². The molecule has 1 amide bonds. The Morgan fingerprint density at radius 1 is 1.25 bits per heavy atom. The van der Waals surface area contributed by atoms with Crippen molar-refractivity contribution in [2.45, 2.75) is 19.8 Å². The van der Waals surface area contributed by atoms with Crippen molar-refractivity contribution < 1.29 is 18.7 Å². The molecule has 4 nitrogen and oxygen atoms in total. The Hall–Kier alpha value is -2.82. The number of carbonyl (C=O) groups excluding carboxylic acids is 1. The van der Waals surface area contributed by atoms with Crippen LogP contribution in [0.4, 0.5) is 4.39 Å². The van der Waals surface area contributed by atoms with Crippen molar-refractivity contribution in [1.29, 1.82) is 0 Å². The Labute approximate surface area is 138 Å². The van der Waals surface area contributed by atoms with E-state index in [-0.39, 0.29) is 17.5 Å². The topological polar surface area (TPSA) is 62.5 Å². The normalized spacial score (nSPS) is 11.0. The molecule has 0 spiro atoms. The minimum absolute atomic E-state index is 0.140. The molecule has 5 heteroatoms. The second-order valence-electron chi connectivity index (χ2n) is 5.62. The number of amides is 1. The monoisotopic (exact) mass is 327 g/mol. The quantitative estimate of drug-likeness (QED) is 0.753. The number of carbonyl (C=O) groups is 1. The lowest BCUT2D eigenvalue weighted by molar-refractivity contribution is 0.0964.